The van der Waals surface area contributed by atoms with Crippen molar-refractivity contribution in [1.82, 2.24) is 5.32 Å². The molecule has 0 heterocycles. The van der Waals surface area contributed by atoms with Crippen LogP contribution in [0.4, 0.5) is 0 Å². The third-order valence-electron chi connectivity index (χ3n) is 2.93. The Balaban J connectivity index is 1.75. The summed E-state index contributed by atoms with van der Waals surface area (Å²) in [6.45, 7) is 1.97. The molecule has 1 fully saturated rings. The third kappa shape index (κ3) is 3.20. The fourth-order valence-corrected chi connectivity index (χ4v) is 1.84. The van der Waals surface area contributed by atoms with Crippen LogP contribution in [0.1, 0.15) is 18.4 Å². The van der Waals surface area contributed by atoms with Crippen LogP contribution in [0.25, 0.3) is 0 Å². The molecule has 92 valence electrons. The van der Waals surface area contributed by atoms with E-state index < -0.39 is 0 Å². The van der Waals surface area contributed by atoms with Crippen molar-refractivity contribution in [3.63, 3.8) is 0 Å². The van der Waals surface area contributed by atoms with Crippen LogP contribution in [0.3, 0.4) is 0 Å². The molecule has 1 amide bonds. The molecule has 0 atom stereocenters. The summed E-state index contributed by atoms with van der Waals surface area (Å²) in [6.07, 6.45) is 1.05. The highest BCUT2D eigenvalue weighted by Gasteiger charge is 2.28. The molecule has 0 bridgehead atoms. The van der Waals surface area contributed by atoms with Crippen molar-refractivity contribution in [3.8, 4) is 5.75 Å². The summed E-state index contributed by atoms with van der Waals surface area (Å²) in [5, 5.41) is 11.9. The van der Waals surface area contributed by atoms with Crippen molar-refractivity contribution in [1.29, 1.82) is 0 Å². The van der Waals surface area contributed by atoms with Gasteiger partial charge in [0, 0.05) is 6.04 Å². The Labute approximate surface area is 101 Å². The molecule has 4 nitrogen and oxygen atoms in total. The Morgan fingerprint density at radius 2 is 2.18 bits per heavy atom. The molecule has 2 rings (SSSR count). The zero-order valence-electron chi connectivity index (χ0n) is 9.85. The third-order valence-corrected chi connectivity index (χ3v) is 2.93. The van der Waals surface area contributed by atoms with Gasteiger partial charge in [0.05, 0.1) is 6.10 Å². The number of aryl methyl sites for hydroxylation is 1. The normalized spacial score (nSPS) is 22.7. The average Bonchev–Trinajstić information content (AvgIpc) is 2.26. The van der Waals surface area contributed by atoms with E-state index in [1.165, 1.54) is 0 Å². The van der Waals surface area contributed by atoms with Crippen LogP contribution in [0.5, 0.6) is 5.75 Å². The molecule has 4 heteroatoms. The number of carbonyl (C=O) groups excluding carboxylic acids is 1. The van der Waals surface area contributed by atoms with Crippen LogP contribution in [-0.2, 0) is 4.79 Å². The van der Waals surface area contributed by atoms with E-state index in [0.717, 1.165) is 11.3 Å². The highest BCUT2D eigenvalue weighted by atomic mass is 16.5. The minimum absolute atomic E-state index is 0.0252. The lowest BCUT2D eigenvalue weighted by molar-refractivity contribution is -0.125. The van der Waals surface area contributed by atoms with E-state index in [4.69, 9.17) is 9.84 Å². The molecule has 0 saturated heterocycles. The first-order valence-corrected chi connectivity index (χ1v) is 5.81. The summed E-state index contributed by atoms with van der Waals surface area (Å²) in [7, 11) is 0. The standard InChI is InChI=1S/C13H17NO3/c1-9-4-2-3-5-12(9)17-8-13(16)14-10-6-11(15)7-10/h2-5,10-11,15H,6-8H2,1H3,(H,14,16). The van der Waals surface area contributed by atoms with Gasteiger partial charge >= 0.3 is 0 Å². The monoisotopic (exact) mass is 235 g/mol. The zero-order chi connectivity index (χ0) is 12.3. The van der Waals surface area contributed by atoms with Crippen molar-refractivity contribution in [3.05, 3.63) is 29.8 Å². The number of rotatable bonds is 4. The molecule has 1 aromatic rings. The molecule has 0 radical (unpaired) electrons. The van der Waals surface area contributed by atoms with Crippen molar-refractivity contribution < 1.29 is 14.6 Å². The number of aliphatic hydroxyl groups is 1. The molecule has 0 spiro atoms. The second-order valence-corrected chi connectivity index (χ2v) is 4.44. The van der Waals surface area contributed by atoms with Gasteiger partial charge in [-0.1, -0.05) is 18.2 Å². The lowest BCUT2D eigenvalue weighted by atomic mass is 9.89. The number of nitrogens with one attached hydrogen (secondary N) is 1. The fourth-order valence-electron chi connectivity index (χ4n) is 1.84. The van der Waals surface area contributed by atoms with Gasteiger partial charge < -0.3 is 15.2 Å². The molecule has 1 saturated carbocycles. The Morgan fingerprint density at radius 1 is 1.47 bits per heavy atom. The summed E-state index contributed by atoms with van der Waals surface area (Å²) in [6, 6.07) is 7.70. The molecule has 1 aromatic carbocycles. The van der Waals surface area contributed by atoms with Crippen LogP contribution < -0.4 is 10.1 Å². The fraction of sp³-hybridized carbons (Fsp3) is 0.462. The summed E-state index contributed by atoms with van der Waals surface area (Å²) in [5.41, 5.74) is 1.01. The maximum atomic E-state index is 11.5. The quantitative estimate of drug-likeness (QED) is 0.819. The topological polar surface area (TPSA) is 58.6 Å². The first-order valence-electron chi connectivity index (χ1n) is 5.81. The van der Waals surface area contributed by atoms with Crippen molar-refractivity contribution in [2.45, 2.75) is 31.9 Å². The van der Waals surface area contributed by atoms with E-state index in [0.29, 0.717) is 12.8 Å². The van der Waals surface area contributed by atoms with E-state index in [-0.39, 0.29) is 24.7 Å². The second kappa shape index (κ2) is 5.19. The first kappa shape index (κ1) is 11.9. The van der Waals surface area contributed by atoms with Gasteiger partial charge in [-0.05, 0) is 31.4 Å². The minimum Gasteiger partial charge on any atom is -0.484 e. The van der Waals surface area contributed by atoms with Crippen LogP contribution in [0, 0.1) is 6.92 Å². The van der Waals surface area contributed by atoms with E-state index in [1.54, 1.807) is 0 Å². The van der Waals surface area contributed by atoms with Gasteiger partial charge in [-0.2, -0.15) is 0 Å². The largest absolute Gasteiger partial charge is 0.484 e. The molecule has 0 aliphatic heterocycles. The van der Waals surface area contributed by atoms with Crippen molar-refractivity contribution >= 4 is 5.91 Å². The molecule has 0 unspecified atom stereocenters. The van der Waals surface area contributed by atoms with E-state index in [1.807, 2.05) is 31.2 Å². The Morgan fingerprint density at radius 3 is 2.82 bits per heavy atom. The number of ether oxygens (including phenoxy) is 1. The van der Waals surface area contributed by atoms with E-state index in [2.05, 4.69) is 5.32 Å². The Hall–Kier alpha value is -1.55. The summed E-state index contributed by atoms with van der Waals surface area (Å²) < 4.78 is 5.42. The van der Waals surface area contributed by atoms with Gasteiger partial charge in [0.25, 0.3) is 5.91 Å². The van der Waals surface area contributed by atoms with E-state index in [9.17, 15) is 4.79 Å². The molecule has 1 aliphatic carbocycles. The van der Waals surface area contributed by atoms with Crippen LogP contribution in [0.2, 0.25) is 0 Å². The predicted octanol–water partition coefficient (Wildman–Crippen LogP) is 1.01. The lowest BCUT2D eigenvalue weighted by Crippen LogP contribution is -2.48. The first-order chi connectivity index (χ1) is 8.15. The van der Waals surface area contributed by atoms with Crippen molar-refractivity contribution in [2.75, 3.05) is 6.61 Å². The number of amides is 1. The molecule has 2 N–H and O–H groups in total. The Bertz CT molecular complexity index is 399. The van der Waals surface area contributed by atoms with Gasteiger partial charge in [0.15, 0.2) is 6.61 Å². The van der Waals surface area contributed by atoms with Gasteiger partial charge in [-0.15, -0.1) is 0 Å². The Kier molecular flexibility index (Phi) is 3.64. The van der Waals surface area contributed by atoms with E-state index >= 15 is 0 Å². The summed E-state index contributed by atoms with van der Waals surface area (Å²) in [4.78, 5) is 11.5. The predicted molar refractivity (Wildman–Crippen MR) is 63.8 cm³/mol. The van der Waals surface area contributed by atoms with Gasteiger partial charge in [-0.25, -0.2) is 0 Å². The molecule has 0 aromatic heterocycles. The summed E-state index contributed by atoms with van der Waals surface area (Å²) >= 11 is 0. The van der Waals surface area contributed by atoms with Crippen LogP contribution in [0.15, 0.2) is 24.3 Å². The summed E-state index contributed by atoms with van der Waals surface area (Å²) in [5.74, 6) is 0.599. The maximum absolute atomic E-state index is 11.5. The number of hydrogen-bond acceptors (Lipinski definition) is 3. The zero-order valence-corrected chi connectivity index (χ0v) is 9.85. The number of aliphatic hydroxyl groups excluding tert-OH is 1. The van der Waals surface area contributed by atoms with Crippen LogP contribution in [-0.4, -0.2) is 29.8 Å². The van der Waals surface area contributed by atoms with Gasteiger partial charge in [-0.3, -0.25) is 4.79 Å². The molecular formula is C13H17NO3. The average molecular weight is 235 g/mol. The molecule has 1 aliphatic rings. The second-order valence-electron chi connectivity index (χ2n) is 4.44. The van der Waals surface area contributed by atoms with Crippen molar-refractivity contribution in [2.24, 2.45) is 0 Å². The molecular weight excluding hydrogens is 218 g/mol. The lowest BCUT2D eigenvalue weighted by Gasteiger charge is -2.31. The number of para-hydroxylation sites is 1. The highest BCUT2D eigenvalue weighted by molar-refractivity contribution is 5.78. The number of benzene rings is 1. The SMILES string of the molecule is Cc1ccccc1OCC(=O)NC1CC(O)C1. The molecule has 17 heavy (non-hydrogen) atoms. The van der Waals surface area contributed by atoms with Gasteiger partial charge in [0.1, 0.15) is 5.75 Å². The number of carbonyl (C=O) groups is 1. The smallest absolute Gasteiger partial charge is 0.258 e. The maximum Gasteiger partial charge on any atom is 0.258 e. The van der Waals surface area contributed by atoms with Crippen LogP contribution >= 0.6 is 0 Å². The number of hydrogen-bond donors (Lipinski definition) is 2. The van der Waals surface area contributed by atoms with Gasteiger partial charge in [0.2, 0.25) is 0 Å². The minimum atomic E-state index is -0.252. The highest BCUT2D eigenvalue weighted by Crippen LogP contribution is 2.19.